The van der Waals surface area contributed by atoms with Crippen LogP contribution in [-0.2, 0) is 0 Å². The minimum Gasteiger partial charge on any atom is -0.197 e. The first-order valence-electron chi connectivity index (χ1n) is 1.55. The second-order valence-corrected chi connectivity index (χ2v) is 1.33. The van der Waals surface area contributed by atoms with Crippen molar-refractivity contribution in [1.82, 2.24) is 0 Å². The Bertz CT molecular complexity index is 59.8. The number of nitrogens with one attached hydrogen (secondary N) is 1. The summed E-state index contributed by atoms with van der Waals surface area (Å²) < 4.78 is 3.01. The van der Waals surface area contributed by atoms with E-state index in [2.05, 4.69) is 4.52 Å². The van der Waals surface area contributed by atoms with Crippen LogP contribution in [0.5, 0.6) is 0 Å². The first kappa shape index (κ1) is 5.69. The van der Waals surface area contributed by atoms with Gasteiger partial charge in [-0.3, -0.25) is 0 Å². The summed E-state index contributed by atoms with van der Waals surface area (Å²) in [5, 5.41) is 1.74. The van der Waals surface area contributed by atoms with Crippen molar-refractivity contribution >= 4 is 11.9 Å². The zero-order chi connectivity index (χ0) is 4.83. The summed E-state index contributed by atoms with van der Waals surface area (Å²) in [4.78, 5) is 0. The van der Waals surface area contributed by atoms with Crippen LogP contribution in [0.1, 0.15) is 6.92 Å². The van der Waals surface area contributed by atoms with E-state index < -0.39 is 0 Å². The summed E-state index contributed by atoms with van der Waals surface area (Å²) in [6.45, 7) is 1.89. The van der Waals surface area contributed by atoms with Gasteiger partial charge < -0.3 is 0 Å². The average Bonchev–Trinajstić information content (AvgIpc) is 1.61. The number of hydrogen-bond acceptors (Lipinski definition) is 3. The quantitative estimate of drug-likeness (QED) is 0.421. The van der Waals surface area contributed by atoms with Crippen molar-refractivity contribution in [3.05, 3.63) is 11.5 Å². The van der Waals surface area contributed by atoms with E-state index in [-0.39, 0.29) is 0 Å². The standard InChI is InChI=1S/C3H6N2S/c1-2-3-6-5-4/h2-4H,1H3. The van der Waals surface area contributed by atoms with Crippen LogP contribution in [-0.4, -0.2) is 0 Å². The lowest BCUT2D eigenvalue weighted by Crippen LogP contribution is -1.34. The highest BCUT2D eigenvalue weighted by molar-refractivity contribution is 8.00. The lowest BCUT2D eigenvalue weighted by atomic mass is 10.8. The van der Waals surface area contributed by atoms with Crippen LogP contribution in [0.3, 0.4) is 0 Å². The molecule has 0 unspecified atom stereocenters. The minimum absolute atomic E-state index is 1.12. The molecule has 0 spiro atoms. The van der Waals surface area contributed by atoms with Crippen molar-refractivity contribution in [1.29, 1.82) is 5.53 Å². The summed E-state index contributed by atoms with van der Waals surface area (Å²) in [5.41, 5.74) is 6.24. The third kappa shape index (κ3) is 3.69. The van der Waals surface area contributed by atoms with Crippen LogP contribution in [0.25, 0.3) is 0 Å². The van der Waals surface area contributed by atoms with Gasteiger partial charge in [0.15, 0.2) is 0 Å². The van der Waals surface area contributed by atoms with Crippen LogP contribution >= 0.6 is 11.9 Å². The van der Waals surface area contributed by atoms with E-state index in [4.69, 9.17) is 5.53 Å². The number of nitrogens with zero attached hydrogens (tertiary/aromatic N) is 1. The van der Waals surface area contributed by atoms with Crippen molar-refractivity contribution in [2.45, 2.75) is 6.92 Å². The van der Waals surface area contributed by atoms with Gasteiger partial charge in [-0.1, -0.05) is 6.08 Å². The molecule has 0 aromatic carbocycles. The first-order valence-corrected chi connectivity index (χ1v) is 2.39. The first-order chi connectivity index (χ1) is 2.91. The van der Waals surface area contributed by atoms with E-state index in [1.807, 2.05) is 13.0 Å². The van der Waals surface area contributed by atoms with Gasteiger partial charge in [-0.15, -0.1) is 4.52 Å². The molecule has 0 aromatic heterocycles. The molecule has 0 aliphatic carbocycles. The second kappa shape index (κ2) is 4.69. The third-order valence-electron chi connectivity index (χ3n) is 0.250. The van der Waals surface area contributed by atoms with E-state index in [1.54, 1.807) is 5.41 Å². The smallest absolute Gasteiger partial charge is 0.0252 e. The molecule has 0 aromatic rings. The summed E-state index contributed by atoms with van der Waals surface area (Å²) in [7, 11) is 0. The Kier molecular flexibility index (Phi) is 4.45. The maximum Gasteiger partial charge on any atom is 0.0252 e. The molecular weight excluding hydrogens is 96.1 g/mol. The fourth-order valence-electron chi connectivity index (χ4n) is 0.0913. The van der Waals surface area contributed by atoms with Gasteiger partial charge in [0.25, 0.3) is 0 Å². The van der Waals surface area contributed by atoms with Crippen molar-refractivity contribution in [2.75, 3.05) is 0 Å². The molecule has 0 rings (SSSR count). The molecule has 1 N–H and O–H groups in total. The fraction of sp³-hybridized carbons (Fsp3) is 0.333. The molecule has 3 heteroatoms. The maximum absolute atomic E-state index is 6.24. The molecule has 6 heavy (non-hydrogen) atoms. The van der Waals surface area contributed by atoms with Crippen molar-refractivity contribution in [3.63, 3.8) is 0 Å². The van der Waals surface area contributed by atoms with Gasteiger partial charge >= 0.3 is 0 Å². The van der Waals surface area contributed by atoms with Crippen LogP contribution in [0.2, 0.25) is 0 Å². The summed E-state index contributed by atoms with van der Waals surface area (Å²) in [6, 6.07) is 0. The molecule has 0 fully saturated rings. The third-order valence-corrected chi connectivity index (χ3v) is 0.749. The molecular formula is C3H6N2S. The highest BCUT2D eigenvalue weighted by Crippen LogP contribution is 1.99. The Morgan fingerprint density at radius 3 is 2.67 bits per heavy atom. The molecule has 0 saturated heterocycles. The fourth-order valence-corrected chi connectivity index (χ4v) is 0.274. The van der Waals surface area contributed by atoms with Gasteiger partial charge in [-0.25, -0.2) is 0 Å². The lowest BCUT2D eigenvalue weighted by Gasteiger charge is -1.67. The molecule has 0 amide bonds. The number of hydrogen-bond donors (Lipinski definition) is 1. The maximum atomic E-state index is 6.24. The Hall–Kier alpha value is -0.310. The van der Waals surface area contributed by atoms with E-state index in [1.165, 1.54) is 0 Å². The molecule has 0 aliphatic heterocycles. The monoisotopic (exact) mass is 102 g/mol. The zero-order valence-corrected chi connectivity index (χ0v) is 4.33. The highest BCUT2D eigenvalue weighted by Gasteiger charge is 1.60. The van der Waals surface area contributed by atoms with Crippen molar-refractivity contribution in [3.8, 4) is 0 Å². The number of rotatable bonds is 2. The Labute approximate surface area is 41.3 Å². The molecule has 0 aliphatic rings. The van der Waals surface area contributed by atoms with Gasteiger partial charge in [0.1, 0.15) is 0 Å². The van der Waals surface area contributed by atoms with E-state index in [0.717, 1.165) is 11.9 Å². The van der Waals surface area contributed by atoms with Crippen molar-refractivity contribution in [2.24, 2.45) is 4.52 Å². The van der Waals surface area contributed by atoms with Crippen molar-refractivity contribution < 1.29 is 0 Å². The highest BCUT2D eigenvalue weighted by atomic mass is 32.2. The van der Waals surface area contributed by atoms with E-state index >= 15 is 0 Å². The molecule has 0 atom stereocenters. The number of allylic oxidation sites excluding steroid dienone is 1. The SMILES string of the molecule is CC=CSN=N. The summed E-state index contributed by atoms with van der Waals surface area (Å²) >= 11 is 1.12. The summed E-state index contributed by atoms with van der Waals surface area (Å²) in [5.74, 6) is 0. The predicted molar refractivity (Wildman–Crippen MR) is 27.6 cm³/mol. The van der Waals surface area contributed by atoms with Crippen LogP contribution in [0.15, 0.2) is 16.0 Å². The molecule has 0 radical (unpaired) electrons. The van der Waals surface area contributed by atoms with Crippen LogP contribution in [0, 0.1) is 5.53 Å². The van der Waals surface area contributed by atoms with Gasteiger partial charge in [-0.05, 0) is 12.3 Å². The molecule has 0 saturated carbocycles. The lowest BCUT2D eigenvalue weighted by molar-refractivity contribution is 1.26. The zero-order valence-electron chi connectivity index (χ0n) is 3.51. The minimum atomic E-state index is 1.12. The molecule has 34 valence electrons. The Morgan fingerprint density at radius 1 is 1.83 bits per heavy atom. The van der Waals surface area contributed by atoms with Gasteiger partial charge in [0.2, 0.25) is 0 Å². The van der Waals surface area contributed by atoms with Crippen LogP contribution < -0.4 is 0 Å². The van der Waals surface area contributed by atoms with E-state index in [9.17, 15) is 0 Å². The normalized spacial score (nSPS) is 9.50. The average molecular weight is 102 g/mol. The largest absolute Gasteiger partial charge is 0.197 e. The Morgan fingerprint density at radius 2 is 2.50 bits per heavy atom. The predicted octanol–water partition coefficient (Wildman–Crippen LogP) is 2.20. The van der Waals surface area contributed by atoms with Gasteiger partial charge in [0, 0.05) is 11.9 Å². The summed E-state index contributed by atoms with van der Waals surface area (Å²) in [6.07, 6.45) is 1.84. The molecule has 2 nitrogen and oxygen atoms in total. The molecule has 0 heterocycles. The Balaban J connectivity index is 2.85. The van der Waals surface area contributed by atoms with Gasteiger partial charge in [0.05, 0.1) is 0 Å². The second-order valence-electron chi connectivity index (χ2n) is 0.666. The van der Waals surface area contributed by atoms with E-state index in [0.29, 0.717) is 0 Å². The topological polar surface area (TPSA) is 36.2 Å². The van der Waals surface area contributed by atoms with Gasteiger partial charge in [-0.2, -0.15) is 5.53 Å². The van der Waals surface area contributed by atoms with Crippen LogP contribution in [0.4, 0.5) is 0 Å². The molecule has 0 bridgehead atoms.